The highest BCUT2D eigenvalue weighted by atomic mass is 16.3. The van der Waals surface area contributed by atoms with Gasteiger partial charge in [-0.2, -0.15) is 0 Å². The number of aliphatic hydroxyl groups excluding tert-OH is 1. The predicted molar refractivity (Wildman–Crippen MR) is 68.8 cm³/mol. The third-order valence-electron chi connectivity index (χ3n) is 3.76. The molecule has 1 saturated carbocycles. The molecule has 2 atom stereocenters. The number of rotatable bonds is 5. The Labute approximate surface area is 105 Å². The Bertz CT molecular complexity index is 242. The van der Waals surface area contributed by atoms with Crippen molar-refractivity contribution >= 4 is 5.91 Å². The summed E-state index contributed by atoms with van der Waals surface area (Å²) >= 11 is 0. The first-order valence-electron chi connectivity index (χ1n) is 6.76. The van der Waals surface area contributed by atoms with E-state index in [-0.39, 0.29) is 18.1 Å². The second-order valence-electron chi connectivity index (χ2n) is 4.90. The Morgan fingerprint density at radius 2 is 1.82 bits per heavy atom. The van der Waals surface area contributed by atoms with Gasteiger partial charge in [0.25, 0.3) is 0 Å². The minimum absolute atomic E-state index is 0.156. The van der Waals surface area contributed by atoms with Gasteiger partial charge in [-0.25, -0.2) is 0 Å². The molecule has 17 heavy (non-hydrogen) atoms. The molecule has 0 heterocycles. The second kappa shape index (κ2) is 6.97. The van der Waals surface area contributed by atoms with Crippen LogP contribution in [0.2, 0.25) is 0 Å². The Kier molecular flexibility index (Phi) is 5.92. The number of hydrogen-bond acceptors (Lipinski definition) is 3. The highest BCUT2D eigenvalue weighted by Crippen LogP contribution is 2.22. The van der Waals surface area contributed by atoms with Crippen LogP contribution < -0.4 is 0 Å². The summed E-state index contributed by atoms with van der Waals surface area (Å²) in [6.07, 6.45) is 3.87. The number of hydrogen-bond donors (Lipinski definition) is 1. The molecule has 1 amide bonds. The lowest BCUT2D eigenvalue weighted by molar-refractivity contribution is -0.133. The van der Waals surface area contributed by atoms with Crippen molar-refractivity contribution in [3.63, 3.8) is 0 Å². The normalized spacial score (nSPS) is 25.0. The molecule has 100 valence electrons. The molecule has 1 aliphatic rings. The van der Waals surface area contributed by atoms with E-state index < -0.39 is 0 Å². The van der Waals surface area contributed by atoms with Gasteiger partial charge in [0, 0.05) is 19.1 Å². The van der Waals surface area contributed by atoms with Gasteiger partial charge >= 0.3 is 0 Å². The van der Waals surface area contributed by atoms with Gasteiger partial charge in [0.1, 0.15) is 0 Å². The van der Waals surface area contributed by atoms with Crippen LogP contribution in [0.4, 0.5) is 0 Å². The first kappa shape index (κ1) is 14.5. The van der Waals surface area contributed by atoms with Crippen LogP contribution in [0.25, 0.3) is 0 Å². The maximum atomic E-state index is 12.0. The van der Waals surface area contributed by atoms with Crippen LogP contribution in [-0.4, -0.2) is 59.6 Å². The van der Waals surface area contributed by atoms with E-state index in [0.717, 1.165) is 38.8 Å². The average Bonchev–Trinajstić information content (AvgIpc) is 2.31. The summed E-state index contributed by atoms with van der Waals surface area (Å²) in [5.41, 5.74) is 0. The number of carbonyl (C=O) groups excluding carboxylic acids is 1. The van der Waals surface area contributed by atoms with Crippen LogP contribution in [0.5, 0.6) is 0 Å². The number of likely N-dealkylation sites (N-methyl/N-ethyl adjacent to an activating group) is 2. The van der Waals surface area contributed by atoms with Crippen LogP contribution in [0.1, 0.15) is 39.5 Å². The van der Waals surface area contributed by atoms with Crippen LogP contribution in [-0.2, 0) is 4.79 Å². The van der Waals surface area contributed by atoms with Crippen molar-refractivity contribution in [1.29, 1.82) is 0 Å². The summed E-state index contributed by atoms with van der Waals surface area (Å²) in [7, 11) is 1.95. The van der Waals surface area contributed by atoms with Gasteiger partial charge in [-0.15, -0.1) is 0 Å². The average molecular weight is 242 g/mol. The number of aliphatic hydroxyl groups is 1. The zero-order chi connectivity index (χ0) is 12.8. The lowest BCUT2D eigenvalue weighted by atomic mass is 9.91. The maximum Gasteiger partial charge on any atom is 0.236 e. The van der Waals surface area contributed by atoms with Crippen LogP contribution in [0.15, 0.2) is 0 Å². The highest BCUT2D eigenvalue weighted by molar-refractivity contribution is 5.78. The van der Waals surface area contributed by atoms with E-state index in [9.17, 15) is 9.90 Å². The molecule has 0 saturated heterocycles. The predicted octanol–water partition coefficient (Wildman–Crippen LogP) is 1.09. The quantitative estimate of drug-likeness (QED) is 0.785. The molecule has 0 radical (unpaired) electrons. The Balaban J connectivity index is 2.47. The molecule has 1 aliphatic carbocycles. The standard InChI is InChI=1S/C13H26N2O2/c1-4-15(5-2)13(17)10-14(3)11-8-6-7-9-12(11)16/h11-12,16H,4-10H2,1-3H3. The summed E-state index contributed by atoms with van der Waals surface area (Å²) in [5.74, 6) is 0.162. The first-order valence-corrected chi connectivity index (χ1v) is 6.76. The highest BCUT2D eigenvalue weighted by Gasteiger charge is 2.28. The zero-order valence-corrected chi connectivity index (χ0v) is 11.4. The fraction of sp³-hybridized carbons (Fsp3) is 0.923. The smallest absolute Gasteiger partial charge is 0.236 e. The molecular formula is C13H26N2O2. The van der Waals surface area contributed by atoms with Gasteiger partial charge in [-0.05, 0) is 33.7 Å². The van der Waals surface area contributed by atoms with Crippen molar-refractivity contribution in [1.82, 2.24) is 9.80 Å². The van der Waals surface area contributed by atoms with E-state index in [2.05, 4.69) is 0 Å². The Hall–Kier alpha value is -0.610. The molecule has 1 N–H and O–H groups in total. The zero-order valence-electron chi connectivity index (χ0n) is 11.4. The summed E-state index contributed by atoms with van der Waals surface area (Å²) in [6.45, 7) is 5.93. The molecule has 1 rings (SSSR count). The van der Waals surface area contributed by atoms with Crippen molar-refractivity contribution in [3.05, 3.63) is 0 Å². The topological polar surface area (TPSA) is 43.8 Å². The largest absolute Gasteiger partial charge is 0.391 e. The molecule has 0 aliphatic heterocycles. The van der Waals surface area contributed by atoms with E-state index in [0.29, 0.717) is 6.54 Å². The SMILES string of the molecule is CCN(CC)C(=O)CN(C)C1CCCCC1O. The van der Waals surface area contributed by atoms with Crippen molar-refractivity contribution in [2.45, 2.75) is 51.7 Å². The molecule has 2 unspecified atom stereocenters. The van der Waals surface area contributed by atoms with Gasteiger partial charge in [-0.1, -0.05) is 12.8 Å². The fourth-order valence-electron chi connectivity index (χ4n) is 2.61. The minimum atomic E-state index is -0.266. The first-order chi connectivity index (χ1) is 8.10. The number of amides is 1. The Morgan fingerprint density at radius 1 is 1.24 bits per heavy atom. The lowest BCUT2D eigenvalue weighted by Crippen LogP contribution is -2.48. The molecule has 0 bridgehead atoms. The molecule has 0 aromatic heterocycles. The monoisotopic (exact) mass is 242 g/mol. The van der Waals surface area contributed by atoms with E-state index in [1.165, 1.54) is 0 Å². The van der Waals surface area contributed by atoms with E-state index >= 15 is 0 Å². The molecule has 0 spiro atoms. The van der Waals surface area contributed by atoms with E-state index in [4.69, 9.17) is 0 Å². The van der Waals surface area contributed by atoms with Crippen LogP contribution in [0.3, 0.4) is 0 Å². The van der Waals surface area contributed by atoms with Gasteiger partial charge in [-0.3, -0.25) is 9.69 Å². The van der Waals surface area contributed by atoms with Crippen LogP contribution >= 0.6 is 0 Å². The van der Waals surface area contributed by atoms with Gasteiger partial charge < -0.3 is 10.0 Å². The summed E-state index contributed by atoms with van der Waals surface area (Å²) < 4.78 is 0. The molecule has 1 fully saturated rings. The van der Waals surface area contributed by atoms with E-state index in [1.54, 1.807) is 0 Å². The third kappa shape index (κ3) is 3.96. The van der Waals surface area contributed by atoms with Crippen molar-refractivity contribution in [3.8, 4) is 0 Å². The molecule has 0 aromatic carbocycles. The lowest BCUT2D eigenvalue weighted by Gasteiger charge is -2.35. The maximum absolute atomic E-state index is 12.0. The molecule has 4 heteroatoms. The summed E-state index contributed by atoms with van der Waals surface area (Å²) in [6, 6.07) is 0.156. The van der Waals surface area contributed by atoms with Crippen molar-refractivity contribution < 1.29 is 9.90 Å². The Morgan fingerprint density at radius 3 is 2.35 bits per heavy atom. The minimum Gasteiger partial charge on any atom is -0.391 e. The summed E-state index contributed by atoms with van der Waals surface area (Å²) in [5, 5.41) is 9.94. The fourth-order valence-corrected chi connectivity index (χ4v) is 2.61. The van der Waals surface area contributed by atoms with Crippen molar-refractivity contribution in [2.24, 2.45) is 0 Å². The van der Waals surface area contributed by atoms with E-state index in [1.807, 2.05) is 30.7 Å². The van der Waals surface area contributed by atoms with Gasteiger partial charge in [0.15, 0.2) is 0 Å². The van der Waals surface area contributed by atoms with Gasteiger partial charge in [0.2, 0.25) is 5.91 Å². The molecular weight excluding hydrogens is 216 g/mol. The van der Waals surface area contributed by atoms with Gasteiger partial charge in [0.05, 0.1) is 12.6 Å². The summed E-state index contributed by atoms with van der Waals surface area (Å²) in [4.78, 5) is 15.8. The molecule has 0 aromatic rings. The third-order valence-corrected chi connectivity index (χ3v) is 3.76. The van der Waals surface area contributed by atoms with Crippen LogP contribution in [0, 0.1) is 0 Å². The number of nitrogens with zero attached hydrogens (tertiary/aromatic N) is 2. The molecule has 4 nitrogen and oxygen atoms in total. The second-order valence-corrected chi connectivity index (χ2v) is 4.90. The van der Waals surface area contributed by atoms with Crippen molar-refractivity contribution in [2.75, 3.05) is 26.7 Å². The number of carbonyl (C=O) groups is 1.